The number of nitrogens with one attached hydrogen (secondary N) is 1. The number of carbonyl (C=O) groups is 1. The van der Waals surface area contributed by atoms with Crippen molar-refractivity contribution in [2.75, 3.05) is 11.3 Å². The molecule has 28 heavy (non-hydrogen) atoms. The van der Waals surface area contributed by atoms with E-state index in [-0.39, 0.29) is 40.7 Å². The minimum Gasteiger partial charge on any atom is -0.491 e. The summed E-state index contributed by atoms with van der Waals surface area (Å²) in [5, 5.41) is 13.5. The van der Waals surface area contributed by atoms with Crippen molar-refractivity contribution in [2.24, 2.45) is 5.14 Å². The van der Waals surface area contributed by atoms with Gasteiger partial charge in [0.2, 0.25) is 10.0 Å². The fourth-order valence-corrected chi connectivity index (χ4v) is 3.68. The molecule has 0 bridgehead atoms. The van der Waals surface area contributed by atoms with Crippen LogP contribution in [-0.2, 0) is 24.8 Å². The Morgan fingerprint density at radius 3 is 2.21 bits per heavy atom. The van der Waals surface area contributed by atoms with E-state index in [1.807, 2.05) is 0 Å². The zero-order chi connectivity index (χ0) is 20.9. The normalized spacial score (nSPS) is 11.8. The van der Waals surface area contributed by atoms with E-state index in [1.165, 1.54) is 12.1 Å². The molecule has 4 N–H and O–H groups in total. The van der Waals surface area contributed by atoms with Gasteiger partial charge in [-0.3, -0.25) is 9.52 Å². The summed E-state index contributed by atoms with van der Waals surface area (Å²) < 4.78 is 68.5. The standard InChI is InChI=1S/C16H17FN2O7S2/c17-14-10-13(7-8-15(14)26-9-1-2-16(20)21)28(24,25)19-11-3-5-12(6-4-11)27(18,22)23/h3-8,10,19H,1-2,9H2,(H,20,21)(H2,18,22,23). The van der Waals surface area contributed by atoms with Crippen molar-refractivity contribution in [1.29, 1.82) is 0 Å². The Hall–Kier alpha value is -2.70. The fraction of sp³-hybridized carbons (Fsp3) is 0.188. The molecule has 2 aromatic carbocycles. The first-order chi connectivity index (χ1) is 13.0. The number of nitrogens with two attached hydrogens (primary N) is 1. The topological polar surface area (TPSA) is 153 Å². The molecule has 0 aliphatic rings. The number of rotatable bonds is 9. The highest BCUT2D eigenvalue weighted by molar-refractivity contribution is 7.92. The number of hydrogen-bond acceptors (Lipinski definition) is 6. The molecule has 2 rings (SSSR count). The zero-order valence-corrected chi connectivity index (χ0v) is 16.0. The van der Waals surface area contributed by atoms with Crippen molar-refractivity contribution in [3.8, 4) is 5.75 Å². The number of halogens is 1. The molecule has 9 nitrogen and oxygen atoms in total. The van der Waals surface area contributed by atoms with E-state index >= 15 is 0 Å². The number of aliphatic carboxylic acids is 1. The number of carboxylic acids is 1. The lowest BCUT2D eigenvalue weighted by molar-refractivity contribution is -0.137. The van der Waals surface area contributed by atoms with Gasteiger partial charge in [0, 0.05) is 12.1 Å². The summed E-state index contributed by atoms with van der Waals surface area (Å²) in [5.41, 5.74) is 0.0572. The maximum Gasteiger partial charge on any atom is 0.303 e. The van der Waals surface area contributed by atoms with Crippen LogP contribution in [0.25, 0.3) is 0 Å². The lowest BCUT2D eigenvalue weighted by Gasteiger charge is -2.11. The molecule has 0 saturated carbocycles. The van der Waals surface area contributed by atoms with E-state index in [4.69, 9.17) is 15.0 Å². The average molecular weight is 432 g/mol. The van der Waals surface area contributed by atoms with Crippen molar-refractivity contribution >= 4 is 31.7 Å². The smallest absolute Gasteiger partial charge is 0.303 e. The molecule has 0 aromatic heterocycles. The third kappa shape index (κ3) is 5.90. The lowest BCUT2D eigenvalue weighted by atomic mass is 10.3. The molecule has 0 aliphatic heterocycles. The number of primary sulfonamides is 1. The van der Waals surface area contributed by atoms with Crippen LogP contribution in [0.4, 0.5) is 10.1 Å². The first-order valence-electron chi connectivity index (χ1n) is 7.79. The minimum atomic E-state index is -4.14. The largest absolute Gasteiger partial charge is 0.491 e. The number of benzene rings is 2. The number of carboxylic acid groups (broad SMARTS) is 1. The molecule has 0 heterocycles. The Morgan fingerprint density at radius 2 is 1.68 bits per heavy atom. The molecule has 2 aromatic rings. The van der Waals surface area contributed by atoms with Crippen LogP contribution in [0, 0.1) is 5.82 Å². The fourth-order valence-electron chi connectivity index (χ4n) is 2.10. The average Bonchev–Trinajstić information content (AvgIpc) is 2.59. The van der Waals surface area contributed by atoms with Crippen molar-refractivity contribution in [1.82, 2.24) is 0 Å². The summed E-state index contributed by atoms with van der Waals surface area (Å²) >= 11 is 0. The molecular formula is C16H17FN2O7S2. The van der Waals surface area contributed by atoms with E-state index in [2.05, 4.69) is 4.72 Å². The predicted octanol–water partition coefficient (Wildman–Crippen LogP) is 1.52. The highest BCUT2D eigenvalue weighted by atomic mass is 32.2. The van der Waals surface area contributed by atoms with Crippen molar-refractivity contribution in [2.45, 2.75) is 22.6 Å². The molecule has 12 heteroatoms. The molecular weight excluding hydrogens is 415 g/mol. The molecule has 0 saturated heterocycles. The van der Waals surface area contributed by atoms with Crippen LogP contribution < -0.4 is 14.6 Å². The van der Waals surface area contributed by atoms with Crippen LogP contribution in [0.5, 0.6) is 5.75 Å². The second-order valence-corrected chi connectivity index (χ2v) is 8.86. The van der Waals surface area contributed by atoms with Gasteiger partial charge < -0.3 is 9.84 Å². The van der Waals surface area contributed by atoms with E-state index in [0.29, 0.717) is 0 Å². The number of hydrogen-bond donors (Lipinski definition) is 3. The van der Waals surface area contributed by atoms with Crippen LogP contribution in [0.2, 0.25) is 0 Å². The van der Waals surface area contributed by atoms with Crippen molar-refractivity contribution in [3.63, 3.8) is 0 Å². The Labute approximate surface area is 161 Å². The molecule has 0 unspecified atom stereocenters. The van der Waals surface area contributed by atoms with Gasteiger partial charge >= 0.3 is 5.97 Å². The Balaban J connectivity index is 2.10. The second-order valence-electron chi connectivity index (χ2n) is 5.61. The van der Waals surface area contributed by atoms with E-state index in [1.54, 1.807) is 0 Å². The number of sulfonamides is 2. The predicted molar refractivity (Wildman–Crippen MR) is 97.4 cm³/mol. The second kappa shape index (κ2) is 8.54. The van der Waals surface area contributed by atoms with Crippen LogP contribution >= 0.6 is 0 Å². The van der Waals surface area contributed by atoms with Crippen LogP contribution in [0.15, 0.2) is 52.3 Å². The third-order valence-corrected chi connectivity index (χ3v) is 5.75. The quantitative estimate of drug-likeness (QED) is 0.508. The van der Waals surface area contributed by atoms with Gasteiger partial charge in [0.15, 0.2) is 11.6 Å². The van der Waals surface area contributed by atoms with Gasteiger partial charge in [0.25, 0.3) is 10.0 Å². The SMILES string of the molecule is NS(=O)(=O)c1ccc(NS(=O)(=O)c2ccc(OCCCC(=O)O)c(F)c2)cc1. The highest BCUT2D eigenvalue weighted by Crippen LogP contribution is 2.23. The summed E-state index contributed by atoms with van der Waals surface area (Å²) in [6.45, 7) is -0.0377. The molecule has 0 spiro atoms. The molecule has 0 fully saturated rings. The Morgan fingerprint density at radius 1 is 1.07 bits per heavy atom. The summed E-state index contributed by atoms with van der Waals surface area (Å²) in [7, 11) is -8.05. The maximum atomic E-state index is 14.1. The zero-order valence-electron chi connectivity index (χ0n) is 14.3. The summed E-state index contributed by atoms with van der Waals surface area (Å²) in [6, 6.07) is 7.66. The van der Waals surface area contributed by atoms with Crippen LogP contribution in [0.3, 0.4) is 0 Å². The van der Waals surface area contributed by atoms with E-state index in [0.717, 1.165) is 30.3 Å². The molecule has 0 radical (unpaired) electrons. The van der Waals surface area contributed by atoms with Gasteiger partial charge in [0.05, 0.1) is 16.4 Å². The molecule has 0 aliphatic carbocycles. The van der Waals surface area contributed by atoms with Gasteiger partial charge in [-0.25, -0.2) is 26.4 Å². The molecule has 0 atom stereocenters. The minimum absolute atomic E-state index is 0.0377. The maximum absolute atomic E-state index is 14.1. The van der Waals surface area contributed by atoms with Crippen LogP contribution in [-0.4, -0.2) is 34.5 Å². The number of ether oxygens (including phenoxy) is 1. The summed E-state index contributed by atoms with van der Waals surface area (Å²) in [6.07, 6.45) is 0.0349. The van der Waals surface area contributed by atoms with Gasteiger partial charge in [-0.15, -0.1) is 0 Å². The van der Waals surface area contributed by atoms with Gasteiger partial charge in [-0.2, -0.15) is 0 Å². The summed E-state index contributed by atoms with van der Waals surface area (Å²) in [5.74, 6) is -2.14. The number of anilines is 1. The first-order valence-corrected chi connectivity index (χ1v) is 10.8. The molecule has 152 valence electrons. The van der Waals surface area contributed by atoms with E-state index < -0.39 is 31.8 Å². The Kier molecular flexibility index (Phi) is 6.59. The lowest BCUT2D eigenvalue weighted by Crippen LogP contribution is -2.14. The van der Waals surface area contributed by atoms with Gasteiger partial charge in [-0.05, 0) is 48.9 Å². The van der Waals surface area contributed by atoms with E-state index in [9.17, 15) is 26.0 Å². The first kappa shape index (κ1) is 21.6. The Bertz CT molecular complexity index is 1070. The highest BCUT2D eigenvalue weighted by Gasteiger charge is 2.18. The monoisotopic (exact) mass is 432 g/mol. The van der Waals surface area contributed by atoms with Gasteiger partial charge in [0.1, 0.15) is 0 Å². The summed E-state index contributed by atoms with van der Waals surface area (Å²) in [4.78, 5) is 9.85. The van der Waals surface area contributed by atoms with Gasteiger partial charge in [-0.1, -0.05) is 0 Å². The van der Waals surface area contributed by atoms with Crippen LogP contribution in [0.1, 0.15) is 12.8 Å². The third-order valence-electron chi connectivity index (χ3n) is 3.44. The van der Waals surface area contributed by atoms with Crippen molar-refractivity contribution < 1.29 is 35.9 Å². The van der Waals surface area contributed by atoms with Crippen molar-refractivity contribution in [3.05, 3.63) is 48.3 Å². The molecule has 0 amide bonds.